The van der Waals surface area contributed by atoms with Crippen LogP contribution in [0.25, 0.3) is 6.08 Å². The second-order valence-electron chi connectivity index (χ2n) is 7.59. The van der Waals surface area contributed by atoms with Gasteiger partial charge >= 0.3 is 0 Å². The van der Waals surface area contributed by atoms with Crippen LogP contribution in [-0.2, 0) is 4.74 Å². The number of rotatable bonds is 10. The van der Waals surface area contributed by atoms with Gasteiger partial charge in [-0.2, -0.15) is 0 Å². The Morgan fingerprint density at radius 1 is 0.900 bits per heavy atom. The molecule has 30 heavy (non-hydrogen) atoms. The lowest BCUT2D eigenvalue weighted by Crippen LogP contribution is -2.09. The first-order valence-electron chi connectivity index (χ1n) is 10.2. The molecule has 1 unspecified atom stereocenters. The van der Waals surface area contributed by atoms with Gasteiger partial charge in [0.15, 0.2) is 0 Å². The summed E-state index contributed by atoms with van der Waals surface area (Å²) >= 11 is 13.0. The summed E-state index contributed by atoms with van der Waals surface area (Å²) in [5.41, 5.74) is 4.09. The molecule has 0 aliphatic heterocycles. The lowest BCUT2D eigenvalue weighted by atomic mass is 10.1. The van der Waals surface area contributed by atoms with E-state index in [-0.39, 0.29) is 6.10 Å². The van der Waals surface area contributed by atoms with Crippen LogP contribution in [0.15, 0.2) is 54.6 Å². The second kappa shape index (κ2) is 12.0. The maximum absolute atomic E-state index is 6.57. The van der Waals surface area contributed by atoms with Gasteiger partial charge in [0.2, 0.25) is 0 Å². The Morgan fingerprint density at radius 2 is 1.53 bits per heavy atom. The molecule has 0 fully saturated rings. The third kappa shape index (κ3) is 7.09. The van der Waals surface area contributed by atoms with Gasteiger partial charge in [0.05, 0.1) is 0 Å². The number of hydrogen-bond donors (Lipinski definition) is 0. The lowest BCUT2D eigenvalue weighted by molar-refractivity contribution is 0.0830. The van der Waals surface area contributed by atoms with E-state index in [1.165, 1.54) is 0 Å². The zero-order chi connectivity index (χ0) is 22.1. The molecular formula is C25H32Cl2N2O. The molecule has 0 aliphatic carbocycles. The van der Waals surface area contributed by atoms with Crippen molar-refractivity contribution < 1.29 is 4.74 Å². The van der Waals surface area contributed by atoms with E-state index in [0.29, 0.717) is 11.6 Å². The van der Waals surface area contributed by atoms with Crippen LogP contribution >= 0.6 is 23.2 Å². The largest absolute Gasteiger partial charge is 0.378 e. The van der Waals surface area contributed by atoms with Gasteiger partial charge in [0.1, 0.15) is 6.10 Å². The van der Waals surface area contributed by atoms with Crippen molar-refractivity contribution in [3.8, 4) is 0 Å². The number of hydrogen-bond acceptors (Lipinski definition) is 3. The lowest BCUT2D eigenvalue weighted by Gasteiger charge is -2.19. The SMILES string of the molecule is CCCCOC(/C=C/C=C/c1ccc(N(C)C)cc1Cl)c1ccc(N(C)C)cc1Cl. The number of halogens is 2. The zero-order valence-electron chi connectivity index (χ0n) is 18.5. The highest BCUT2D eigenvalue weighted by molar-refractivity contribution is 6.32. The van der Waals surface area contributed by atoms with Crippen LogP contribution in [0, 0.1) is 0 Å². The fourth-order valence-corrected chi connectivity index (χ4v) is 3.40. The first-order valence-corrected chi connectivity index (χ1v) is 11.0. The molecule has 0 N–H and O–H groups in total. The van der Waals surface area contributed by atoms with Gasteiger partial charge in [-0.3, -0.25) is 0 Å². The standard InChI is InChI=1S/C25H32Cl2N2O/c1-6-7-16-30-25(22-15-14-21(29(4)5)18-24(22)27)11-9-8-10-19-12-13-20(28(2)3)17-23(19)26/h8-15,17-18,25H,6-7,16H2,1-5H3/b10-8+,11-9+. The first-order chi connectivity index (χ1) is 14.3. The fourth-order valence-electron chi connectivity index (χ4n) is 2.88. The highest BCUT2D eigenvalue weighted by Gasteiger charge is 2.13. The van der Waals surface area contributed by atoms with Crippen molar-refractivity contribution in [2.24, 2.45) is 0 Å². The van der Waals surface area contributed by atoms with Gasteiger partial charge in [-0.25, -0.2) is 0 Å². The summed E-state index contributed by atoms with van der Waals surface area (Å²) in [7, 11) is 8.00. The molecule has 0 bridgehead atoms. The summed E-state index contributed by atoms with van der Waals surface area (Å²) in [6.45, 7) is 2.85. The molecule has 5 heteroatoms. The Hall–Kier alpha value is -1.94. The van der Waals surface area contributed by atoms with Crippen LogP contribution in [0.2, 0.25) is 10.0 Å². The molecule has 0 spiro atoms. The molecule has 0 amide bonds. The minimum atomic E-state index is -0.198. The predicted molar refractivity (Wildman–Crippen MR) is 133 cm³/mol. The van der Waals surface area contributed by atoms with E-state index >= 15 is 0 Å². The van der Waals surface area contributed by atoms with Gasteiger partial charge in [-0.05, 0) is 36.2 Å². The van der Waals surface area contributed by atoms with Crippen molar-refractivity contribution in [1.29, 1.82) is 0 Å². The van der Waals surface area contributed by atoms with E-state index in [4.69, 9.17) is 27.9 Å². The summed E-state index contributed by atoms with van der Waals surface area (Å²) < 4.78 is 6.12. The third-order valence-electron chi connectivity index (χ3n) is 4.78. The van der Waals surface area contributed by atoms with Gasteiger partial charge in [-0.1, -0.05) is 73.0 Å². The molecule has 0 saturated carbocycles. The van der Waals surface area contributed by atoms with Crippen LogP contribution < -0.4 is 9.80 Å². The number of anilines is 2. The Labute approximate surface area is 191 Å². The average Bonchev–Trinajstić information content (AvgIpc) is 2.70. The highest BCUT2D eigenvalue weighted by atomic mass is 35.5. The molecule has 2 aromatic carbocycles. The minimum absolute atomic E-state index is 0.198. The minimum Gasteiger partial charge on any atom is -0.378 e. The van der Waals surface area contributed by atoms with E-state index < -0.39 is 0 Å². The monoisotopic (exact) mass is 446 g/mol. The number of allylic oxidation sites excluding steroid dienone is 2. The molecule has 0 aromatic heterocycles. The molecule has 0 saturated heterocycles. The Bertz CT molecular complexity index is 875. The van der Waals surface area contributed by atoms with Crippen LogP contribution in [0.5, 0.6) is 0 Å². The second-order valence-corrected chi connectivity index (χ2v) is 8.40. The maximum atomic E-state index is 6.57. The molecule has 162 valence electrons. The Balaban J connectivity index is 2.18. The molecule has 2 rings (SSSR count). The van der Waals surface area contributed by atoms with E-state index in [2.05, 4.69) is 19.1 Å². The van der Waals surface area contributed by atoms with Crippen molar-refractivity contribution in [2.45, 2.75) is 25.9 Å². The van der Waals surface area contributed by atoms with Crippen molar-refractivity contribution >= 4 is 40.7 Å². The number of ether oxygens (including phenoxy) is 1. The Kier molecular flexibility index (Phi) is 9.77. The zero-order valence-corrected chi connectivity index (χ0v) is 20.0. The van der Waals surface area contributed by atoms with E-state index in [0.717, 1.165) is 40.4 Å². The number of nitrogens with zero attached hydrogens (tertiary/aromatic N) is 2. The van der Waals surface area contributed by atoms with E-state index in [9.17, 15) is 0 Å². The average molecular weight is 447 g/mol. The van der Waals surface area contributed by atoms with E-state index in [1.54, 1.807) is 0 Å². The Morgan fingerprint density at radius 3 is 2.10 bits per heavy atom. The number of unbranched alkanes of at least 4 members (excludes halogenated alkanes) is 1. The summed E-state index contributed by atoms with van der Waals surface area (Å²) in [5.74, 6) is 0. The molecule has 0 aliphatic rings. The van der Waals surface area contributed by atoms with Gasteiger partial charge in [-0.15, -0.1) is 0 Å². The van der Waals surface area contributed by atoms with Crippen molar-refractivity contribution in [3.05, 3.63) is 75.8 Å². The van der Waals surface area contributed by atoms with Crippen molar-refractivity contribution in [2.75, 3.05) is 44.6 Å². The van der Waals surface area contributed by atoms with Crippen LogP contribution in [0.4, 0.5) is 11.4 Å². The number of benzene rings is 2. The molecular weight excluding hydrogens is 415 g/mol. The van der Waals surface area contributed by atoms with Crippen LogP contribution in [-0.4, -0.2) is 34.8 Å². The predicted octanol–water partition coefficient (Wildman–Crippen LogP) is 7.25. The fraction of sp³-hybridized carbons (Fsp3) is 0.360. The van der Waals surface area contributed by atoms with Gasteiger partial charge in [0, 0.05) is 61.8 Å². The summed E-state index contributed by atoms with van der Waals surface area (Å²) in [6.07, 6.45) is 9.91. The molecule has 2 aromatic rings. The van der Waals surface area contributed by atoms with Gasteiger partial charge < -0.3 is 14.5 Å². The first kappa shape index (κ1) is 24.3. The van der Waals surface area contributed by atoms with Crippen LogP contribution in [0.3, 0.4) is 0 Å². The normalized spacial score (nSPS) is 12.6. The van der Waals surface area contributed by atoms with E-state index in [1.807, 2.05) is 86.6 Å². The van der Waals surface area contributed by atoms with Crippen molar-refractivity contribution in [1.82, 2.24) is 0 Å². The quantitative estimate of drug-likeness (QED) is 0.282. The van der Waals surface area contributed by atoms with Crippen LogP contribution in [0.1, 0.15) is 37.0 Å². The molecule has 3 nitrogen and oxygen atoms in total. The highest BCUT2D eigenvalue weighted by Crippen LogP contribution is 2.30. The molecule has 0 radical (unpaired) electrons. The third-order valence-corrected chi connectivity index (χ3v) is 5.43. The maximum Gasteiger partial charge on any atom is 0.102 e. The van der Waals surface area contributed by atoms with Crippen molar-refractivity contribution in [3.63, 3.8) is 0 Å². The molecule has 0 heterocycles. The summed E-state index contributed by atoms with van der Waals surface area (Å²) in [4.78, 5) is 4.06. The summed E-state index contributed by atoms with van der Waals surface area (Å²) in [5, 5.41) is 1.43. The smallest absolute Gasteiger partial charge is 0.102 e. The molecule has 1 atom stereocenters. The van der Waals surface area contributed by atoms with Gasteiger partial charge in [0.25, 0.3) is 0 Å². The topological polar surface area (TPSA) is 15.7 Å². The summed E-state index contributed by atoms with van der Waals surface area (Å²) in [6, 6.07) is 12.1.